The molecule has 0 aliphatic rings. The van der Waals surface area contributed by atoms with Gasteiger partial charge in [-0.05, 0) is 18.1 Å². The van der Waals surface area contributed by atoms with Crippen LogP contribution in [-0.4, -0.2) is 10.7 Å². The van der Waals surface area contributed by atoms with Gasteiger partial charge in [0.05, 0.1) is 6.54 Å². The molecule has 0 N–H and O–H groups in total. The maximum absolute atomic E-state index is 8.33. The van der Waals surface area contributed by atoms with Crippen LogP contribution in [0, 0.1) is 0 Å². The second-order valence-corrected chi connectivity index (χ2v) is 4.41. The van der Waals surface area contributed by atoms with Gasteiger partial charge in [0.15, 0.2) is 0 Å². The topological polar surface area (TPSA) is 72.0 Å². The minimum Gasteiger partial charge on any atom is -0.652 e. The molecular formula is C15H20N2O3. The van der Waals surface area contributed by atoms with Crippen molar-refractivity contribution in [2.24, 2.45) is 0 Å². The van der Waals surface area contributed by atoms with Crippen LogP contribution in [0.2, 0.25) is 0 Å². The molecule has 0 aliphatic heterocycles. The maximum atomic E-state index is 8.33. The van der Waals surface area contributed by atoms with Gasteiger partial charge in [-0.25, -0.2) is 9.13 Å². The number of hydrogen-bond donors (Lipinski definition) is 0. The second kappa shape index (κ2) is 8.74. The van der Waals surface area contributed by atoms with E-state index in [1.165, 1.54) is 18.4 Å². The highest BCUT2D eigenvalue weighted by molar-refractivity contribution is 5.47. The fourth-order valence-corrected chi connectivity index (χ4v) is 1.80. The number of nitrogens with zero attached hydrogens (tertiary/aromatic N) is 2. The van der Waals surface area contributed by atoms with E-state index in [1.807, 2.05) is 0 Å². The Bertz CT molecular complexity index is 511. The van der Waals surface area contributed by atoms with Gasteiger partial charge in [-0.15, -0.1) is 0 Å². The van der Waals surface area contributed by atoms with E-state index in [0.717, 1.165) is 13.1 Å². The van der Waals surface area contributed by atoms with Gasteiger partial charge in [0.1, 0.15) is 18.9 Å². The fraction of sp³-hybridized carbons (Fsp3) is 0.333. The number of carbonyl (C=O) groups excluding carboxylic acids is 1. The number of aromatic nitrogens is 2. The summed E-state index contributed by atoms with van der Waals surface area (Å²) in [6.45, 7) is 4.31. The van der Waals surface area contributed by atoms with E-state index in [2.05, 4.69) is 65.1 Å². The lowest BCUT2D eigenvalue weighted by Crippen LogP contribution is -2.37. The van der Waals surface area contributed by atoms with Crippen LogP contribution >= 0.6 is 0 Å². The molecular weight excluding hydrogens is 256 g/mol. The highest BCUT2D eigenvalue weighted by atomic mass is 16.6. The van der Waals surface area contributed by atoms with Crippen LogP contribution in [0.1, 0.15) is 26.8 Å². The van der Waals surface area contributed by atoms with Crippen molar-refractivity contribution in [2.75, 3.05) is 0 Å². The van der Waals surface area contributed by atoms with Crippen LogP contribution in [0.5, 0.6) is 0 Å². The van der Waals surface area contributed by atoms with Gasteiger partial charge in [0.25, 0.3) is 0 Å². The molecule has 1 aromatic heterocycles. The predicted molar refractivity (Wildman–Crippen MR) is 71.6 cm³/mol. The quantitative estimate of drug-likeness (QED) is 0.737. The molecule has 0 bridgehead atoms. The van der Waals surface area contributed by atoms with Crippen molar-refractivity contribution in [1.82, 2.24) is 4.57 Å². The molecule has 0 atom stereocenters. The first-order valence-electron chi connectivity index (χ1n) is 6.58. The van der Waals surface area contributed by atoms with Gasteiger partial charge in [0.2, 0.25) is 6.33 Å². The Labute approximate surface area is 120 Å². The molecule has 0 saturated carbocycles. The number of carbonyl (C=O) groups is 1. The van der Waals surface area contributed by atoms with Crippen LogP contribution in [0.25, 0.3) is 0 Å². The molecule has 0 aliphatic carbocycles. The van der Waals surface area contributed by atoms with Crippen LogP contribution in [0.15, 0.2) is 49.1 Å². The van der Waals surface area contributed by atoms with Crippen molar-refractivity contribution in [1.29, 1.82) is 0 Å². The van der Waals surface area contributed by atoms with Crippen molar-refractivity contribution in [3.05, 3.63) is 54.6 Å². The predicted octanol–water partition coefficient (Wildman–Crippen LogP) is 0.289. The van der Waals surface area contributed by atoms with Crippen LogP contribution < -0.4 is 14.8 Å². The zero-order valence-corrected chi connectivity index (χ0v) is 11.6. The lowest BCUT2D eigenvalue weighted by molar-refractivity contribution is -0.687. The molecule has 1 aromatic carbocycles. The van der Waals surface area contributed by atoms with Crippen LogP contribution in [0.4, 0.5) is 4.79 Å². The summed E-state index contributed by atoms with van der Waals surface area (Å²) >= 11 is 0. The smallest absolute Gasteiger partial charge is 0.652 e. The first kappa shape index (κ1) is 15.8. The molecule has 0 amide bonds. The summed E-state index contributed by atoms with van der Waals surface area (Å²) in [6.07, 6.45) is 6.64. The minimum atomic E-state index is -2.33. The van der Waals surface area contributed by atoms with Crippen molar-refractivity contribution >= 4 is 6.16 Å². The van der Waals surface area contributed by atoms with E-state index < -0.39 is 6.16 Å². The third-order valence-electron chi connectivity index (χ3n) is 2.72. The SMILES string of the molecule is CCCCn1cc[n+](Cc2ccccc2)c1.O=C([O-])[O-].[H+]. The molecule has 5 heteroatoms. The first-order valence-corrected chi connectivity index (χ1v) is 6.58. The van der Waals surface area contributed by atoms with E-state index in [1.54, 1.807) is 0 Å². The molecule has 1 heterocycles. The van der Waals surface area contributed by atoms with Gasteiger partial charge < -0.3 is 15.0 Å². The summed E-state index contributed by atoms with van der Waals surface area (Å²) in [7, 11) is 0. The number of imidazole rings is 1. The maximum Gasteiger partial charge on any atom is 1.00 e. The average Bonchev–Trinajstić information content (AvgIpc) is 2.84. The van der Waals surface area contributed by atoms with Crippen molar-refractivity contribution in [3.8, 4) is 0 Å². The molecule has 0 spiro atoms. The van der Waals surface area contributed by atoms with E-state index in [0.29, 0.717) is 0 Å². The lowest BCUT2D eigenvalue weighted by Gasteiger charge is -1.96. The monoisotopic (exact) mass is 276 g/mol. The third kappa shape index (κ3) is 6.58. The normalized spacial score (nSPS) is 9.65. The number of rotatable bonds is 5. The summed E-state index contributed by atoms with van der Waals surface area (Å²) in [5.74, 6) is 0. The van der Waals surface area contributed by atoms with Gasteiger partial charge in [-0.1, -0.05) is 43.7 Å². The third-order valence-corrected chi connectivity index (χ3v) is 2.72. The molecule has 0 unspecified atom stereocenters. The van der Waals surface area contributed by atoms with Crippen LogP contribution in [-0.2, 0) is 13.1 Å². The van der Waals surface area contributed by atoms with E-state index >= 15 is 0 Å². The number of benzene rings is 1. The summed E-state index contributed by atoms with van der Waals surface area (Å²) in [5, 5.41) is 16.7. The Morgan fingerprint density at radius 2 is 1.95 bits per heavy atom. The Morgan fingerprint density at radius 1 is 1.30 bits per heavy atom. The van der Waals surface area contributed by atoms with Crippen LogP contribution in [0.3, 0.4) is 0 Å². The van der Waals surface area contributed by atoms with Gasteiger partial charge in [-0.2, -0.15) is 0 Å². The second-order valence-electron chi connectivity index (χ2n) is 4.41. The van der Waals surface area contributed by atoms with Gasteiger partial charge in [-0.3, -0.25) is 0 Å². The molecule has 2 rings (SSSR count). The molecule has 0 saturated heterocycles. The fourth-order valence-electron chi connectivity index (χ4n) is 1.80. The Morgan fingerprint density at radius 3 is 2.55 bits per heavy atom. The number of aryl methyl sites for hydroxylation is 1. The molecule has 0 fully saturated rings. The van der Waals surface area contributed by atoms with Crippen molar-refractivity contribution < 1.29 is 21.0 Å². The number of carboxylic acid groups (broad SMARTS) is 2. The molecule has 5 nitrogen and oxygen atoms in total. The summed E-state index contributed by atoms with van der Waals surface area (Å²) in [4.78, 5) is 8.33. The molecule has 2 aromatic rings. The Hall–Kier alpha value is -2.30. The standard InChI is InChI=1S/C14H19N2.CH2O3/c1-2-3-9-15-10-11-16(13-15)12-14-7-5-4-6-8-14;2-1(3)4/h4-8,10-11,13H,2-3,9,12H2,1H3;(H2,2,3,4)/q+1;/p-1. The van der Waals surface area contributed by atoms with E-state index in [4.69, 9.17) is 15.0 Å². The summed E-state index contributed by atoms with van der Waals surface area (Å²) in [6, 6.07) is 10.6. The zero-order valence-electron chi connectivity index (χ0n) is 12.6. The average molecular weight is 276 g/mol. The summed E-state index contributed by atoms with van der Waals surface area (Å²) < 4.78 is 4.48. The zero-order chi connectivity index (χ0) is 14.8. The molecule has 20 heavy (non-hydrogen) atoms. The lowest BCUT2D eigenvalue weighted by atomic mass is 10.2. The molecule has 0 radical (unpaired) electrons. The minimum absolute atomic E-state index is 0. The summed E-state index contributed by atoms with van der Waals surface area (Å²) in [5.41, 5.74) is 1.35. The first-order chi connectivity index (χ1) is 9.61. The van der Waals surface area contributed by atoms with E-state index in [-0.39, 0.29) is 1.43 Å². The highest BCUT2D eigenvalue weighted by Crippen LogP contribution is 1.98. The number of unbranched alkanes of at least 4 members (excludes halogenated alkanes) is 1. The Kier molecular flexibility index (Phi) is 6.89. The highest BCUT2D eigenvalue weighted by Gasteiger charge is 2.03. The van der Waals surface area contributed by atoms with Crippen molar-refractivity contribution in [2.45, 2.75) is 32.9 Å². The molecule has 108 valence electrons. The van der Waals surface area contributed by atoms with Crippen molar-refractivity contribution in [3.63, 3.8) is 0 Å². The van der Waals surface area contributed by atoms with Gasteiger partial charge >= 0.3 is 1.43 Å². The van der Waals surface area contributed by atoms with Gasteiger partial charge in [0, 0.05) is 0 Å². The largest absolute Gasteiger partial charge is 1.00 e. The van der Waals surface area contributed by atoms with E-state index in [9.17, 15) is 0 Å². The Balaban J connectivity index is 0.000000715. The number of hydrogen-bond acceptors (Lipinski definition) is 3.